The van der Waals surface area contributed by atoms with Gasteiger partial charge in [-0.3, -0.25) is 15.0 Å². The maximum absolute atomic E-state index is 10.5. The molecule has 0 bridgehead atoms. The van der Waals surface area contributed by atoms with Crippen molar-refractivity contribution in [2.45, 2.75) is 18.6 Å². The summed E-state index contributed by atoms with van der Waals surface area (Å²) < 4.78 is 5.65. The van der Waals surface area contributed by atoms with Crippen LogP contribution >= 0.6 is 0 Å². The summed E-state index contributed by atoms with van der Waals surface area (Å²) in [4.78, 5) is 12.4. The van der Waals surface area contributed by atoms with Crippen molar-refractivity contribution in [1.29, 1.82) is 0 Å². The molecule has 2 heterocycles. The molecule has 2 fully saturated rings. The first kappa shape index (κ1) is 9.89. The molecule has 0 aromatic carbocycles. The maximum Gasteiger partial charge on any atom is 0.317 e. The molecule has 2 rings (SSSR count). The Hall–Kier alpha value is -0.650. The monoisotopic (exact) mass is 200 g/mol. The first-order valence-electron chi connectivity index (χ1n) is 5.03. The largest absolute Gasteiger partial charge is 0.480 e. The van der Waals surface area contributed by atoms with Gasteiger partial charge < -0.3 is 9.84 Å². The molecule has 1 spiro atoms. The lowest BCUT2D eigenvalue weighted by Gasteiger charge is -2.37. The lowest BCUT2D eigenvalue weighted by Crippen LogP contribution is -2.51. The summed E-state index contributed by atoms with van der Waals surface area (Å²) in [5.74, 6) is -0.749. The molecule has 0 aromatic rings. The van der Waals surface area contributed by atoms with E-state index >= 15 is 0 Å². The van der Waals surface area contributed by atoms with Crippen molar-refractivity contribution in [2.24, 2.45) is 0 Å². The van der Waals surface area contributed by atoms with Gasteiger partial charge in [-0.1, -0.05) is 0 Å². The van der Waals surface area contributed by atoms with E-state index in [9.17, 15) is 4.79 Å². The van der Waals surface area contributed by atoms with E-state index in [-0.39, 0.29) is 12.3 Å². The second kappa shape index (κ2) is 3.84. The van der Waals surface area contributed by atoms with E-state index in [0.29, 0.717) is 0 Å². The second-order valence-electron chi connectivity index (χ2n) is 3.94. The Kier molecular flexibility index (Phi) is 2.71. The summed E-state index contributed by atoms with van der Waals surface area (Å²) in [6.45, 7) is 3.45. The quantitative estimate of drug-likeness (QED) is 0.628. The molecule has 2 saturated heterocycles. The minimum absolute atomic E-state index is 0.144. The fourth-order valence-electron chi connectivity index (χ4n) is 2.16. The lowest BCUT2D eigenvalue weighted by molar-refractivity contribution is -0.140. The fraction of sp³-hybridized carbons (Fsp3) is 0.889. The van der Waals surface area contributed by atoms with Crippen molar-refractivity contribution in [3.63, 3.8) is 0 Å². The third-order valence-electron chi connectivity index (χ3n) is 2.95. The van der Waals surface area contributed by atoms with Gasteiger partial charge in [-0.05, 0) is 0 Å². The van der Waals surface area contributed by atoms with Crippen LogP contribution in [0.5, 0.6) is 0 Å². The first-order valence-corrected chi connectivity index (χ1v) is 5.03. The molecule has 80 valence electrons. The van der Waals surface area contributed by atoms with Gasteiger partial charge in [0.15, 0.2) is 0 Å². The highest BCUT2D eigenvalue weighted by atomic mass is 16.5. The van der Waals surface area contributed by atoms with Crippen molar-refractivity contribution in [3.8, 4) is 0 Å². The average Bonchev–Trinajstić information content (AvgIpc) is 2.58. The van der Waals surface area contributed by atoms with E-state index in [1.807, 2.05) is 4.90 Å². The van der Waals surface area contributed by atoms with Gasteiger partial charge in [0.25, 0.3) is 0 Å². The minimum Gasteiger partial charge on any atom is -0.480 e. The predicted octanol–water partition coefficient (Wildman–Crippen LogP) is -0.517. The van der Waals surface area contributed by atoms with Crippen molar-refractivity contribution in [3.05, 3.63) is 0 Å². The standard InChI is InChI=1S/C9H16N2O3/c12-8(13)7-11-4-1-9(2-5-11)10-3-6-14-9/h10H,1-7H2,(H,12,13). The van der Waals surface area contributed by atoms with Crippen LogP contribution in [0.25, 0.3) is 0 Å². The summed E-state index contributed by atoms with van der Waals surface area (Å²) in [7, 11) is 0. The van der Waals surface area contributed by atoms with E-state index in [0.717, 1.165) is 39.1 Å². The molecular weight excluding hydrogens is 184 g/mol. The zero-order chi connectivity index (χ0) is 10.0. The zero-order valence-corrected chi connectivity index (χ0v) is 8.16. The maximum atomic E-state index is 10.5. The van der Waals surface area contributed by atoms with Crippen molar-refractivity contribution in [2.75, 3.05) is 32.8 Å². The Morgan fingerprint density at radius 1 is 1.50 bits per heavy atom. The number of rotatable bonds is 2. The highest BCUT2D eigenvalue weighted by Crippen LogP contribution is 2.25. The molecule has 2 aliphatic rings. The molecule has 0 saturated carbocycles. The number of ether oxygens (including phenoxy) is 1. The fourth-order valence-corrected chi connectivity index (χ4v) is 2.16. The van der Waals surface area contributed by atoms with E-state index in [2.05, 4.69) is 5.32 Å². The van der Waals surface area contributed by atoms with Crippen LogP contribution in [-0.2, 0) is 9.53 Å². The molecular formula is C9H16N2O3. The van der Waals surface area contributed by atoms with E-state index in [1.165, 1.54) is 0 Å². The van der Waals surface area contributed by atoms with Crippen LogP contribution in [0.2, 0.25) is 0 Å². The highest BCUT2D eigenvalue weighted by molar-refractivity contribution is 5.69. The van der Waals surface area contributed by atoms with Gasteiger partial charge in [-0.2, -0.15) is 0 Å². The van der Waals surface area contributed by atoms with Crippen LogP contribution in [0.1, 0.15) is 12.8 Å². The number of nitrogens with one attached hydrogen (secondary N) is 1. The first-order chi connectivity index (χ1) is 6.70. The van der Waals surface area contributed by atoms with Crippen LogP contribution in [0.15, 0.2) is 0 Å². The van der Waals surface area contributed by atoms with Crippen LogP contribution in [0, 0.1) is 0 Å². The number of hydrogen-bond donors (Lipinski definition) is 2. The van der Waals surface area contributed by atoms with E-state index in [1.54, 1.807) is 0 Å². The van der Waals surface area contributed by atoms with Crippen LogP contribution < -0.4 is 5.32 Å². The molecule has 0 aliphatic carbocycles. The Labute approximate surface area is 83.0 Å². The van der Waals surface area contributed by atoms with Crippen LogP contribution in [-0.4, -0.2) is 54.5 Å². The Morgan fingerprint density at radius 2 is 2.21 bits per heavy atom. The number of piperidine rings is 1. The SMILES string of the molecule is O=C(O)CN1CCC2(CC1)NCCO2. The normalized spacial score (nSPS) is 26.9. The second-order valence-corrected chi connectivity index (χ2v) is 3.94. The Balaban J connectivity index is 1.82. The average molecular weight is 200 g/mol. The molecule has 0 aromatic heterocycles. The van der Waals surface area contributed by atoms with Crippen LogP contribution in [0.4, 0.5) is 0 Å². The number of aliphatic carboxylic acids is 1. The predicted molar refractivity (Wildman–Crippen MR) is 50.0 cm³/mol. The summed E-state index contributed by atoms with van der Waals surface area (Å²) in [5, 5.41) is 12.0. The number of carboxylic acid groups (broad SMARTS) is 1. The molecule has 5 nitrogen and oxygen atoms in total. The van der Waals surface area contributed by atoms with E-state index in [4.69, 9.17) is 9.84 Å². The third-order valence-corrected chi connectivity index (χ3v) is 2.95. The number of hydrogen-bond acceptors (Lipinski definition) is 4. The van der Waals surface area contributed by atoms with Crippen molar-refractivity contribution in [1.82, 2.24) is 10.2 Å². The van der Waals surface area contributed by atoms with E-state index < -0.39 is 5.97 Å². The third kappa shape index (κ3) is 2.05. The number of carbonyl (C=O) groups is 1. The van der Waals surface area contributed by atoms with Crippen molar-refractivity contribution >= 4 is 5.97 Å². The molecule has 0 atom stereocenters. The molecule has 5 heteroatoms. The van der Waals surface area contributed by atoms with Crippen LogP contribution in [0.3, 0.4) is 0 Å². The van der Waals surface area contributed by atoms with Gasteiger partial charge in [0.1, 0.15) is 5.72 Å². The van der Waals surface area contributed by atoms with Gasteiger partial charge in [0.2, 0.25) is 0 Å². The molecule has 0 unspecified atom stereocenters. The molecule has 0 radical (unpaired) electrons. The Bertz CT molecular complexity index is 216. The summed E-state index contributed by atoms with van der Waals surface area (Å²) in [5.41, 5.74) is -0.144. The molecule has 2 N–H and O–H groups in total. The zero-order valence-electron chi connectivity index (χ0n) is 8.16. The van der Waals surface area contributed by atoms with Gasteiger partial charge in [0.05, 0.1) is 13.2 Å². The van der Waals surface area contributed by atoms with Gasteiger partial charge in [-0.15, -0.1) is 0 Å². The molecule has 2 aliphatic heterocycles. The Morgan fingerprint density at radius 3 is 2.71 bits per heavy atom. The minimum atomic E-state index is -0.749. The number of nitrogens with zero attached hydrogens (tertiary/aromatic N) is 1. The molecule has 14 heavy (non-hydrogen) atoms. The van der Waals surface area contributed by atoms with Crippen molar-refractivity contribution < 1.29 is 14.6 Å². The van der Waals surface area contributed by atoms with Gasteiger partial charge in [-0.25, -0.2) is 0 Å². The lowest BCUT2D eigenvalue weighted by atomic mass is 10.0. The summed E-state index contributed by atoms with van der Waals surface area (Å²) in [6, 6.07) is 0. The number of carboxylic acids is 1. The van der Waals surface area contributed by atoms with Gasteiger partial charge >= 0.3 is 5.97 Å². The topological polar surface area (TPSA) is 61.8 Å². The van der Waals surface area contributed by atoms with Gasteiger partial charge in [0, 0.05) is 32.5 Å². The highest BCUT2D eigenvalue weighted by Gasteiger charge is 2.38. The summed E-state index contributed by atoms with van der Waals surface area (Å²) in [6.07, 6.45) is 1.78. The summed E-state index contributed by atoms with van der Waals surface area (Å²) >= 11 is 0. The smallest absolute Gasteiger partial charge is 0.317 e. The molecule has 0 amide bonds. The number of likely N-dealkylation sites (tertiary alicyclic amines) is 1.